The minimum absolute atomic E-state index is 0.116. The van der Waals surface area contributed by atoms with Crippen molar-refractivity contribution in [2.24, 2.45) is 0 Å². The van der Waals surface area contributed by atoms with Crippen LogP contribution in [0.3, 0.4) is 0 Å². The van der Waals surface area contributed by atoms with Crippen LogP contribution in [0.2, 0.25) is 5.02 Å². The highest BCUT2D eigenvalue weighted by Crippen LogP contribution is 2.41. The van der Waals surface area contributed by atoms with Crippen LogP contribution in [0.25, 0.3) is 0 Å². The molecule has 3 nitrogen and oxygen atoms in total. The lowest BCUT2D eigenvalue weighted by Crippen LogP contribution is -2.47. The molecule has 21 heavy (non-hydrogen) atoms. The number of halogens is 1. The molecule has 0 saturated heterocycles. The maximum atomic E-state index is 10.7. The van der Waals surface area contributed by atoms with Gasteiger partial charge in [-0.3, -0.25) is 0 Å². The highest BCUT2D eigenvalue weighted by Gasteiger charge is 2.38. The summed E-state index contributed by atoms with van der Waals surface area (Å²) in [5.74, 6) is 0.759. The summed E-state index contributed by atoms with van der Waals surface area (Å²) < 4.78 is 19.6. The number of benzene rings is 1. The quantitative estimate of drug-likeness (QED) is 0.588. The first-order chi connectivity index (χ1) is 10.0. The molecule has 0 bridgehead atoms. The van der Waals surface area contributed by atoms with Crippen LogP contribution in [-0.2, 0) is 11.1 Å². The number of hydrogen-bond donors (Lipinski definition) is 2. The monoisotopic (exact) mass is 329 g/mol. The van der Waals surface area contributed by atoms with Gasteiger partial charge in [0.25, 0.3) is 0 Å². The molecule has 5 heteroatoms. The average Bonchev–Trinajstić information content (AvgIpc) is 2.93. The number of rotatable bonds is 7. The molecule has 1 saturated carbocycles. The summed E-state index contributed by atoms with van der Waals surface area (Å²) >= 11 is 4.29. The van der Waals surface area contributed by atoms with Gasteiger partial charge in [-0.25, -0.2) is 4.21 Å². The van der Waals surface area contributed by atoms with Gasteiger partial charge in [0.1, 0.15) is 0 Å². The second kappa shape index (κ2) is 7.73. The predicted molar refractivity (Wildman–Crippen MR) is 89.3 cm³/mol. The van der Waals surface area contributed by atoms with Crippen molar-refractivity contribution in [1.82, 2.24) is 5.32 Å². The predicted octanol–water partition coefficient (Wildman–Crippen LogP) is 3.96. The fraction of sp³-hybridized carbons (Fsp3) is 0.625. The second-order valence-electron chi connectivity index (χ2n) is 5.94. The molecule has 2 atom stereocenters. The Balaban J connectivity index is 2.02. The summed E-state index contributed by atoms with van der Waals surface area (Å²) in [6.45, 7) is 3.07. The molecule has 0 radical (unpaired) electrons. The molecular weight excluding hydrogens is 306 g/mol. The van der Waals surface area contributed by atoms with Crippen LogP contribution in [0.1, 0.15) is 50.5 Å². The summed E-state index contributed by atoms with van der Waals surface area (Å²) in [5.41, 5.74) is 1.42. The summed E-state index contributed by atoms with van der Waals surface area (Å²) in [7, 11) is 0. The van der Waals surface area contributed by atoms with Crippen LogP contribution >= 0.6 is 11.6 Å². The molecule has 1 aromatic carbocycles. The maximum Gasteiger partial charge on any atom is 0.152 e. The Labute approximate surface area is 134 Å². The standard InChI is InChI=1S/C16H24ClNO2S/c1-13(14-5-7-15(17)8-6-14)16(9-2-3-10-16)18-11-4-12-21(19)20/h5-8,13,18H,2-4,9-12H2,1H3,(H,19,20). The lowest BCUT2D eigenvalue weighted by molar-refractivity contribution is 0.283. The molecule has 1 fully saturated rings. The SMILES string of the molecule is CC(c1ccc(Cl)cc1)C1(NCCCS(=O)O)CCCC1. The van der Waals surface area contributed by atoms with Crippen molar-refractivity contribution in [1.29, 1.82) is 0 Å². The van der Waals surface area contributed by atoms with Crippen molar-refractivity contribution in [2.75, 3.05) is 12.3 Å². The van der Waals surface area contributed by atoms with E-state index in [4.69, 9.17) is 16.2 Å². The minimum Gasteiger partial charge on any atom is -0.311 e. The van der Waals surface area contributed by atoms with Gasteiger partial charge >= 0.3 is 0 Å². The van der Waals surface area contributed by atoms with Gasteiger partial charge in [-0.15, -0.1) is 0 Å². The van der Waals surface area contributed by atoms with Gasteiger partial charge in [0.15, 0.2) is 11.1 Å². The third kappa shape index (κ3) is 4.52. The summed E-state index contributed by atoms with van der Waals surface area (Å²) in [6, 6.07) is 8.12. The van der Waals surface area contributed by atoms with E-state index in [1.807, 2.05) is 12.1 Å². The molecule has 0 aromatic heterocycles. The average molecular weight is 330 g/mol. The first-order valence-electron chi connectivity index (χ1n) is 7.61. The van der Waals surface area contributed by atoms with Gasteiger partial charge in [-0.05, 0) is 49.4 Å². The Hall–Kier alpha value is -0.420. The fourth-order valence-electron chi connectivity index (χ4n) is 3.37. The highest BCUT2D eigenvalue weighted by molar-refractivity contribution is 7.79. The van der Waals surface area contributed by atoms with E-state index in [0.29, 0.717) is 11.7 Å². The van der Waals surface area contributed by atoms with Gasteiger partial charge in [0, 0.05) is 10.6 Å². The smallest absolute Gasteiger partial charge is 0.152 e. The van der Waals surface area contributed by atoms with Gasteiger partial charge in [-0.1, -0.05) is 43.5 Å². The molecule has 2 unspecified atom stereocenters. The van der Waals surface area contributed by atoms with Crippen molar-refractivity contribution >= 4 is 22.7 Å². The van der Waals surface area contributed by atoms with E-state index in [9.17, 15) is 4.21 Å². The zero-order chi connectivity index (χ0) is 15.3. The van der Waals surface area contributed by atoms with Crippen molar-refractivity contribution in [3.63, 3.8) is 0 Å². The van der Waals surface area contributed by atoms with Gasteiger partial charge in [0.2, 0.25) is 0 Å². The summed E-state index contributed by atoms with van der Waals surface area (Å²) in [5, 5.41) is 4.45. The van der Waals surface area contributed by atoms with E-state index in [0.717, 1.165) is 18.0 Å². The Morgan fingerprint density at radius 3 is 2.52 bits per heavy atom. The van der Waals surface area contributed by atoms with Crippen molar-refractivity contribution in [3.05, 3.63) is 34.9 Å². The lowest BCUT2D eigenvalue weighted by Gasteiger charge is -2.37. The molecule has 0 spiro atoms. The van der Waals surface area contributed by atoms with Crippen LogP contribution in [0.5, 0.6) is 0 Å². The van der Waals surface area contributed by atoms with Crippen LogP contribution in [0, 0.1) is 0 Å². The highest BCUT2D eigenvalue weighted by atomic mass is 35.5. The van der Waals surface area contributed by atoms with Crippen LogP contribution in [-0.4, -0.2) is 26.6 Å². The molecule has 2 N–H and O–H groups in total. The molecule has 0 heterocycles. The van der Waals surface area contributed by atoms with Crippen LogP contribution in [0.4, 0.5) is 0 Å². The number of hydrogen-bond acceptors (Lipinski definition) is 2. The van der Waals surface area contributed by atoms with Crippen molar-refractivity contribution in [3.8, 4) is 0 Å². The van der Waals surface area contributed by atoms with Gasteiger partial charge in [-0.2, -0.15) is 0 Å². The molecule has 0 amide bonds. The Kier molecular flexibility index (Phi) is 6.23. The summed E-state index contributed by atoms with van der Waals surface area (Å²) in [6.07, 6.45) is 5.56. The second-order valence-corrected chi connectivity index (χ2v) is 7.43. The van der Waals surface area contributed by atoms with Crippen LogP contribution in [0.15, 0.2) is 24.3 Å². The lowest BCUT2D eigenvalue weighted by atomic mass is 9.79. The molecule has 118 valence electrons. The molecule has 2 rings (SSSR count). The van der Waals surface area contributed by atoms with Gasteiger partial charge in [0.05, 0.1) is 5.75 Å². The first kappa shape index (κ1) is 16.9. The largest absolute Gasteiger partial charge is 0.311 e. The van der Waals surface area contributed by atoms with Gasteiger partial charge < -0.3 is 9.87 Å². The zero-order valence-electron chi connectivity index (χ0n) is 12.5. The van der Waals surface area contributed by atoms with Crippen molar-refractivity contribution in [2.45, 2.75) is 50.5 Å². The van der Waals surface area contributed by atoms with E-state index in [-0.39, 0.29) is 5.54 Å². The molecule has 1 aliphatic rings. The molecular formula is C16H24ClNO2S. The zero-order valence-corrected chi connectivity index (χ0v) is 14.1. The Morgan fingerprint density at radius 2 is 1.95 bits per heavy atom. The van der Waals surface area contributed by atoms with Crippen molar-refractivity contribution < 1.29 is 8.76 Å². The number of nitrogens with one attached hydrogen (secondary N) is 1. The van der Waals surface area contributed by atoms with E-state index in [2.05, 4.69) is 24.4 Å². The topological polar surface area (TPSA) is 49.3 Å². The normalized spacial score (nSPS) is 20.3. The Morgan fingerprint density at radius 1 is 1.33 bits per heavy atom. The molecule has 1 aliphatic carbocycles. The Bertz CT molecular complexity index is 472. The van der Waals surface area contributed by atoms with E-state index in [1.54, 1.807) is 0 Å². The van der Waals surface area contributed by atoms with Crippen LogP contribution < -0.4 is 5.32 Å². The van der Waals surface area contributed by atoms with E-state index in [1.165, 1.54) is 31.2 Å². The minimum atomic E-state index is -1.69. The first-order valence-corrected chi connectivity index (χ1v) is 9.27. The fourth-order valence-corrected chi connectivity index (χ4v) is 3.89. The van der Waals surface area contributed by atoms with E-state index >= 15 is 0 Å². The van der Waals surface area contributed by atoms with E-state index < -0.39 is 11.1 Å². The summed E-state index contributed by atoms with van der Waals surface area (Å²) in [4.78, 5) is 0. The molecule has 0 aliphatic heterocycles. The maximum absolute atomic E-state index is 10.7. The third-order valence-corrected chi connectivity index (χ3v) is 5.56. The third-order valence-electron chi connectivity index (χ3n) is 4.67. The molecule has 1 aromatic rings.